The molecule has 1 aromatic heterocycles. The van der Waals surface area contributed by atoms with Crippen molar-refractivity contribution in [3.05, 3.63) is 36.4 Å². The molecule has 1 aromatic rings. The van der Waals surface area contributed by atoms with Crippen LogP contribution in [-0.2, 0) is 19.2 Å². The molecule has 1 aliphatic carbocycles. The average molecular weight is 639 g/mol. The number of aliphatic hydroxyl groups excluding tert-OH is 1. The van der Waals surface area contributed by atoms with E-state index >= 15 is 0 Å². The van der Waals surface area contributed by atoms with Gasteiger partial charge in [-0.05, 0) is 48.3 Å². The molecule has 0 bridgehead atoms. The summed E-state index contributed by atoms with van der Waals surface area (Å²) in [5, 5.41) is 14.0. The van der Waals surface area contributed by atoms with Crippen molar-refractivity contribution in [2.75, 3.05) is 6.54 Å². The molecule has 1 fully saturated rings. The fraction of sp³-hybridized carbons (Fsp3) is 0.694. The second-order valence-corrected chi connectivity index (χ2v) is 14.1. The minimum Gasteiger partial charge on any atom is -0.385 e. The van der Waals surface area contributed by atoms with Crippen LogP contribution in [0.15, 0.2) is 30.7 Å². The highest BCUT2D eigenvalue weighted by molar-refractivity contribution is 5.98. The Morgan fingerprint density at radius 2 is 1.72 bits per heavy atom. The lowest BCUT2D eigenvalue weighted by atomic mass is 9.82. The summed E-state index contributed by atoms with van der Waals surface area (Å²) in [6.07, 6.45) is 10.1. The Balaban J connectivity index is 1.80. The number of ketones is 3. The molecule has 10 nitrogen and oxygen atoms in total. The quantitative estimate of drug-likeness (QED) is 0.175. The van der Waals surface area contributed by atoms with Crippen LogP contribution in [0.2, 0.25) is 0 Å². The van der Waals surface area contributed by atoms with Gasteiger partial charge >= 0.3 is 0 Å². The Hall–Kier alpha value is -3.27. The van der Waals surface area contributed by atoms with Crippen molar-refractivity contribution >= 4 is 29.2 Å². The van der Waals surface area contributed by atoms with Crippen molar-refractivity contribution < 1.29 is 29.1 Å². The second-order valence-electron chi connectivity index (χ2n) is 14.1. The van der Waals surface area contributed by atoms with Crippen molar-refractivity contribution in [3.8, 4) is 0 Å². The number of aliphatic hydroxyl groups is 1. The van der Waals surface area contributed by atoms with E-state index in [4.69, 9.17) is 0 Å². The molecule has 2 aliphatic rings. The molecule has 1 saturated heterocycles. The molecule has 254 valence electrons. The molecule has 46 heavy (non-hydrogen) atoms. The topological polar surface area (TPSA) is 147 Å². The molecule has 2 amide bonds. The van der Waals surface area contributed by atoms with Crippen LogP contribution < -0.4 is 5.32 Å². The van der Waals surface area contributed by atoms with E-state index in [1.54, 1.807) is 4.90 Å². The number of likely N-dealkylation sites (tertiary alicyclic amines) is 1. The molecule has 10 heteroatoms. The van der Waals surface area contributed by atoms with E-state index < -0.39 is 35.9 Å². The highest BCUT2D eigenvalue weighted by atomic mass is 16.3. The van der Waals surface area contributed by atoms with Gasteiger partial charge in [-0.1, -0.05) is 73.5 Å². The van der Waals surface area contributed by atoms with Crippen molar-refractivity contribution in [2.24, 2.45) is 41.4 Å². The summed E-state index contributed by atoms with van der Waals surface area (Å²) in [5.74, 6) is -2.98. The predicted octanol–water partition coefficient (Wildman–Crippen LogP) is 4.61. The number of aromatic nitrogens is 2. The van der Waals surface area contributed by atoms with Crippen LogP contribution in [0.4, 0.5) is 0 Å². The Morgan fingerprint density at radius 1 is 1.00 bits per heavy atom. The number of hydrogen-bond donors (Lipinski definition) is 2. The average Bonchev–Trinajstić information content (AvgIpc) is 3.63. The first kappa shape index (κ1) is 37.2. The van der Waals surface area contributed by atoms with Crippen LogP contribution in [0.3, 0.4) is 0 Å². The maximum atomic E-state index is 14.3. The number of rotatable bonds is 18. The lowest BCUT2D eigenvalue weighted by molar-refractivity contribution is -0.144. The van der Waals surface area contributed by atoms with E-state index in [0.29, 0.717) is 25.8 Å². The summed E-state index contributed by atoms with van der Waals surface area (Å²) >= 11 is 0. The zero-order valence-corrected chi connectivity index (χ0v) is 28.6. The van der Waals surface area contributed by atoms with Gasteiger partial charge < -0.3 is 15.3 Å². The Kier molecular flexibility index (Phi) is 13.8. The van der Waals surface area contributed by atoms with Crippen LogP contribution in [0.1, 0.15) is 104 Å². The smallest absolute Gasteiger partial charge is 0.246 e. The van der Waals surface area contributed by atoms with Crippen molar-refractivity contribution in [1.29, 1.82) is 0 Å². The minimum atomic E-state index is -1.22. The molecule has 8 atom stereocenters. The molecule has 0 aromatic carbocycles. The molecule has 0 radical (unpaired) electrons. The first-order valence-corrected chi connectivity index (χ1v) is 17.1. The van der Waals surface area contributed by atoms with Gasteiger partial charge in [-0.2, -0.15) is 0 Å². The third-order valence-electron chi connectivity index (χ3n) is 9.88. The third-order valence-corrected chi connectivity index (χ3v) is 9.88. The molecule has 2 heterocycles. The van der Waals surface area contributed by atoms with Gasteiger partial charge in [-0.25, -0.2) is 4.98 Å². The molecule has 2 N–H and O–H groups in total. The Labute approximate surface area is 274 Å². The Bertz CT molecular complexity index is 1250. The maximum Gasteiger partial charge on any atom is 0.246 e. The van der Waals surface area contributed by atoms with Crippen LogP contribution >= 0.6 is 0 Å². The Morgan fingerprint density at radius 3 is 2.30 bits per heavy atom. The fourth-order valence-electron chi connectivity index (χ4n) is 6.82. The summed E-state index contributed by atoms with van der Waals surface area (Å²) < 4.78 is 0. The normalized spacial score (nSPS) is 22.3. The zero-order chi connectivity index (χ0) is 34.1. The first-order valence-electron chi connectivity index (χ1n) is 17.1. The highest BCUT2D eigenvalue weighted by Gasteiger charge is 2.50. The van der Waals surface area contributed by atoms with Crippen molar-refractivity contribution in [1.82, 2.24) is 20.2 Å². The van der Waals surface area contributed by atoms with Crippen LogP contribution in [0.25, 0.3) is 0 Å². The number of hydrogen-bond acceptors (Lipinski definition) is 8. The summed E-state index contributed by atoms with van der Waals surface area (Å²) in [4.78, 5) is 77.4. The molecule has 3 rings (SSSR count). The minimum absolute atomic E-state index is 0.0114. The van der Waals surface area contributed by atoms with E-state index in [9.17, 15) is 29.1 Å². The second kappa shape index (κ2) is 17.0. The molecular formula is C36H54N4O6. The molecular weight excluding hydrogens is 584 g/mol. The first-order chi connectivity index (χ1) is 21.8. The number of fused-ring (bicyclic) bond motifs is 1. The third kappa shape index (κ3) is 9.17. The van der Waals surface area contributed by atoms with E-state index in [-0.39, 0.29) is 77.8 Å². The van der Waals surface area contributed by atoms with E-state index in [2.05, 4.69) is 27.4 Å². The predicted molar refractivity (Wildman–Crippen MR) is 175 cm³/mol. The highest BCUT2D eigenvalue weighted by Crippen LogP contribution is 2.40. The molecule has 5 unspecified atom stereocenters. The number of Topliss-reactive ketones (excluding diaryl/α,β-unsaturated/α-hetero) is 3. The van der Waals surface area contributed by atoms with Gasteiger partial charge in [0.2, 0.25) is 11.8 Å². The SMILES string of the molecule is CCCC(CC(=O)C1C2CC=CC2CN1C(=O)[C@@H](NC(=O)[C@@H](CC(=O)c1cnccn1)C(C)C)C(C)C)C(O)C(=O)C[C@@H](C)CC. The number of amides is 2. The number of nitrogens with zero attached hydrogens (tertiary/aromatic N) is 3. The van der Waals surface area contributed by atoms with Crippen molar-refractivity contribution in [3.63, 3.8) is 0 Å². The van der Waals surface area contributed by atoms with Gasteiger partial charge in [0.1, 0.15) is 17.8 Å². The number of allylic oxidation sites excluding steroid dienone is 1. The lowest BCUT2D eigenvalue weighted by Crippen LogP contribution is -2.56. The van der Waals surface area contributed by atoms with Gasteiger partial charge in [0.05, 0.1) is 12.2 Å². The van der Waals surface area contributed by atoms with Crippen molar-refractivity contribution in [2.45, 2.75) is 112 Å². The van der Waals surface area contributed by atoms with Gasteiger partial charge in [-0.15, -0.1) is 0 Å². The lowest BCUT2D eigenvalue weighted by Gasteiger charge is -2.34. The van der Waals surface area contributed by atoms with E-state index in [1.807, 2.05) is 48.5 Å². The largest absolute Gasteiger partial charge is 0.385 e. The molecule has 0 spiro atoms. The maximum absolute atomic E-state index is 14.3. The van der Waals surface area contributed by atoms with Crippen LogP contribution in [0.5, 0.6) is 0 Å². The zero-order valence-electron chi connectivity index (χ0n) is 28.6. The van der Waals surface area contributed by atoms with Gasteiger partial charge in [0, 0.05) is 44.1 Å². The van der Waals surface area contributed by atoms with Gasteiger partial charge in [-0.3, -0.25) is 29.0 Å². The van der Waals surface area contributed by atoms with E-state index in [0.717, 1.165) is 6.42 Å². The fourth-order valence-corrected chi connectivity index (χ4v) is 6.82. The number of nitrogens with one attached hydrogen (secondary N) is 1. The van der Waals surface area contributed by atoms with E-state index in [1.165, 1.54) is 18.6 Å². The number of carbonyl (C=O) groups is 5. The molecule has 0 saturated carbocycles. The standard InChI is InChI=1S/C36H54N4O6/c1-8-11-24(34(44)31(43)16-23(7)9-2)17-30(42)33-26-13-10-12-25(26)20-40(33)36(46)32(22(5)6)39-35(45)27(21(3)4)18-29(41)28-19-37-14-15-38-28/h10,12,14-15,19,21-27,32-34,44H,8-9,11,13,16-18,20H2,1-7H3,(H,39,45)/t23-,24?,25?,26?,27-,32-,33?,34?/m0/s1. The molecule has 1 aliphatic heterocycles. The number of carbonyl (C=O) groups excluding carboxylic acids is 5. The van der Waals surface area contributed by atoms with Gasteiger partial charge in [0.25, 0.3) is 0 Å². The summed E-state index contributed by atoms with van der Waals surface area (Å²) in [5.41, 5.74) is 0.184. The summed E-state index contributed by atoms with van der Waals surface area (Å²) in [6, 6.07) is -1.60. The monoisotopic (exact) mass is 638 g/mol. The van der Waals surface area contributed by atoms with Gasteiger partial charge in [0.15, 0.2) is 17.3 Å². The van der Waals surface area contributed by atoms with Crippen LogP contribution in [0, 0.1) is 41.4 Å². The van der Waals surface area contributed by atoms with Crippen LogP contribution in [-0.4, -0.2) is 73.9 Å². The summed E-state index contributed by atoms with van der Waals surface area (Å²) in [7, 11) is 0. The summed E-state index contributed by atoms with van der Waals surface area (Å²) in [6.45, 7) is 13.7.